The maximum absolute atomic E-state index is 11.6. The minimum absolute atomic E-state index is 0.109. The maximum Gasteiger partial charge on any atom is 0.224 e. The van der Waals surface area contributed by atoms with Crippen LogP contribution in [0.5, 0.6) is 0 Å². The van der Waals surface area contributed by atoms with Gasteiger partial charge in [0.25, 0.3) is 0 Å². The zero-order valence-corrected chi connectivity index (χ0v) is 13.1. The lowest BCUT2D eigenvalue weighted by Crippen LogP contribution is -2.22. The molecule has 1 unspecified atom stereocenters. The number of rotatable bonds is 3. The minimum atomic E-state index is -0.130. The second-order valence-electron chi connectivity index (χ2n) is 5.95. The van der Waals surface area contributed by atoms with E-state index in [1.54, 1.807) is 0 Å². The molecule has 1 heterocycles. The number of carbonyl (C=O) groups excluding carboxylic acids is 1. The summed E-state index contributed by atoms with van der Waals surface area (Å²) >= 11 is 0. The molecule has 0 saturated carbocycles. The van der Waals surface area contributed by atoms with Crippen LogP contribution in [0.1, 0.15) is 47.2 Å². The average molecular weight is 294 g/mol. The van der Waals surface area contributed by atoms with Crippen molar-refractivity contribution in [1.82, 2.24) is 0 Å². The lowest BCUT2D eigenvalue weighted by atomic mass is 9.89. The van der Waals surface area contributed by atoms with E-state index in [0.717, 1.165) is 29.7 Å². The summed E-state index contributed by atoms with van der Waals surface area (Å²) in [6.45, 7) is 4.20. The summed E-state index contributed by atoms with van der Waals surface area (Å²) in [7, 11) is 0. The summed E-state index contributed by atoms with van der Waals surface area (Å²) in [4.78, 5) is 11.6. The van der Waals surface area contributed by atoms with Crippen molar-refractivity contribution in [3.63, 3.8) is 0 Å². The maximum atomic E-state index is 11.6. The Morgan fingerprint density at radius 2 is 2.00 bits per heavy atom. The summed E-state index contributed by atoms with van der Waals surface area (Å²) < 4.78 is 0. The molecule has 3 N–H and O–H groups in total. The average Bonchev–Trinajstić information content (AvgIpc) is 2.53. The van der Waals surface area contributed by atoms with E-state index < -0.39 is 0 Å². The molecule has 1 atom stereocenters. The molecule has 0 saturated heterocycles. The van der Waals surface area contributed by atoms with Crippen LogP contribution in [0.4, 0.5) is 5.69 Å². The first-order valence-corrected chi connectivity index (χ1v) is 7.86. The van der Waals surface area contributed by atoms with E-state index in [-0.39, 0.29) is 11.9 Å². The Balaban J connectivity index is 2.05. The monoisotopic (exact) mass is 294 g/mol. The van der Waals surface area contributed by atoms with E-state index in [1.165, 1.54) is 16.7 Å². The fraction of sp³-hybridized carbons (Fsp3) is 0.316. The molecular formula is C19H22N2O. The molecule has 2 aromatic carbocycles. The number of anilines is 1. The molecule has 2 aromatic rings. The van der Waals surface area contributed by atoms with Crippen LogP contribution in [0.3, 0.4) is 0 Å². The number of fused-ring (bicyclic) bond motifs is 1. The van der Waals surface area contributed by atoms with Gasteiger partial charge in [-0.15, -0.1) is 0 Å². The van der Waals surface area contributed by atoms with Crippen molar-refractivity contribution in [2.45, 2.75) is 39.2 Å². The molecular weight excluding hydrogens is 272 g/mol. The zero-order valence-electron chi connectivity index (χ0n) is 13.1. The zero-order chi connectivity index (χ0) is 15.7. The number of carbonyl (C=O) groups is 1. The molecule has 22 heavy (non-hydrogen) atoms. The van der Waals surface area contributed by atoms with Crippen molar-refractivity contribution >= 4 is 11.6 Å². The van der Waals surface area contributed by atoms with Crippen LogP contribution in [-0.4, -0.2) is 5.91 Å². The van der Waals surface area contributed by atoms with Crippen LogP contribution in [-0.2, 0) is 17.6 Å². The van der Waals surface area contributed by atoms with Crippen molar-refractivity contribution in [1.29, 1.82) is 0 Å². The number of nitrogens with two attached hydrogens (primary N) is 1. The highest BCUT2D eigenvalue weighted by atomic mass is 16.1. The van der Waals surface area contributed by atoms with Crippen LogP contribution in [0.15, 0.2) is 36.4 Å². The molecule has 3 heteroatoms. The predicted octanol–water partition coefficient (Wildman–Crippen LogP) is 3.49. The first-order chi connectivity index (χ1) is 10.6. The Labute approximate surface area is 131 Å². The van der Waals surface area contributed by atoms with Gasteiger partial charge in [0.2, 0.25) is 5.91 Å². The van der Waals surface area contributed by atoms with Gasteiger partial charge in [0.15, 0.2) is 0 Å². The van der Waals surface area contributed by atoms with E-state index >= 15 is 0 Å². The van der Waals surface area contributed by atoms with Crippen LogP contribution in [0, 0.1) is 6.92 Å². The third-order valence-electron chi connectivity index (χ3n) is 4.47. The Morgan fingerprint density at radius 3 is 2.73 bits per heavy atom. The quantitative estimate of drug-likeness (QED) is 0.910. The SMILES string of the molecule is CCc1cc(C(N)c2ccccc2C)cc2c1NC(=O)CC2. The lowest BCUT2D eigenvalue weighted by Gasteiger charge is -2.24. The van der Waals surface area contributed by atoms with Crippen LogP contribution in [0.2, 0.25) is 0 Å². The Hall–Kier alpha value is -2.13. The van der Waals surface area contributed by atoms with Gasteiger partial charge < -0.3 is 11.1 Å². The predicted molar refractivity (Wildman–Crippen MR) is 90.0 cm³/mol. The molecule has 1 aliphatic heterocycles. The van der Waals surface area contributed by atoms with Gasteiger partial charge in [-0.1, -0.05) is 43.3 Å². The highest BCUT2D eigenvalue weighted by molar-refractivity contribution is 5.95. The number of benzene rings is 2. The van der Waals surface area contributed by atoms with Crippen molar-refractivity contribution in [3.05, 3.63) is 64.2 Å². The molecule has 0 aliphatic carbocycles. The largest absolute Gasteiger partial charge is 0.326 e. The van der Waals surface area contributed by atoms with Crippen molar-refractivity contribution in [2.75, 3.05) is 5.32 Å². The summed E-state index contributed by atoms with van der Waals surface area (Å²) in [6, 6.07) is 12.4. The first-order valence-electron chi connectivity index (χ1n) is 7.86. The van der Waals surface area contributed by atoms with E-state index in [2.05, 4.69) is 43.4 Å². The second kappa shape index (κ2) is 5.93. The topological polar surface area (TPSA) is 55.1 Å². The Kier molecular flexibility index (Phi) is 3.99. The molecule has 1 aliphatic rings. The van der Waals surface area contributed by atoms with E-state index in [9.17, 15) is 4.79 Å². The molecule has 3 rings (SSSR count). The van der Waals surface area contributed by atoms with Crippen LogP contribution in [0.25, 0.3) is 0 Å². The molecule has 0 spiro atoms. The minimum Gasteiger partial charge on any atom is -0.326 e. The van der Waals surface area contributed by atoms with Gasteiger partial charge in [0, 0.05) is 12.1 Å². The normalized spacial score (nSPS) is 15.1. The van der Waals surface area contributed by atoms with Gasteiger partial charge in [-0.25, -0.2) is 0 Å². The number of aryl methyl sites for hydroxylation is 3. The van der Waals surface area contributed by atoms with E-state index in [4.69, 9.17) is 5.73 Å². The van der Waals surface area contributed by atoms with Crippen molar-refractivity contribution < 1.29 is 4.79 Å². The van der Waals surface area contributed by atoms with E-state index in [0.29, 0.717) is 6.42 Å². The summed E-state index contributed by atoms with van der Waals surface area (Å²) in [5.41, 5.74) is 13.4. The Morgan fingerprint density at radius 1 is 1.23 bits per heavy atom. The fourth-order valence-electron chi connectivity index (χ4n) is 3.18. The summed E-state index contributed by atoms with van der Waals surface area (Å²) in [5.74, 6) is 0.109. The van der Waals surface area contributed by atoms with Gasteiger partial charge in [-0.05, 0) is 47.6 Å². The second-order valence-corrected chi connectivity index (χ2v) is 5.95. The fourth-order valence-corrected chi connectivity index (χ4v) is 3.18. The van der Waals surface area contributed by atoms with Crippen molar-refractivity contribution in [3.8, 4) is 0 Å². The molecule has 114 valence electrons. The summed E-state index contributed by atoms with van der Waals surface area (Å²) in [6.07, 6.45) is 2.23. The molecule has 3 nitrogen and oxygen atoms in total. The number of hydrogen-bond donors (Lipinski definition) is 2. The number of hydrogen-bond acceptors (Lipinski definition) is 2. The smallest absolute Gasteiger partial charge is 0.224 e. The first kappa shape index (κ1) is 14.8. The molecule has 0 fully saturated rings. The third kappa shape index (κ3) is 2.64. The molecule has 0 radical (unpaired) electrons. The van der Waals surface area contributed by atoms with Gasteiger partial charge in [-0.2, -0.15) is 0 Å². The van der Waals surface area contributed by atoms with Crippen molar-refractivity contribution in [2.24, 2.45) is 5.73 Å². The number of amides is 1. The molecule has 0 aromatic heterocycles. The standard InChI is InChI=1S/C19H22N2O/c1-3-13-10-15(11-14-8-9-17(22)21-19(13)14)18(20)16-7-5-4-6-12(16)2/h4-7,10-11,18H,3,8-9,20H2,1-2H3,(H,21,22). The van der Waals surface area contributed by atoms with Crippen LogP contribution >= 0.6 is 0 Å². The third-order valence-corrected chi connectivity index (χ3v) is 4.47. The summed E-state index contributed by atoms with van der Waals surface area (Å²) in [5, 5.41) is 3.02. The highest BCUT2D eigenvalue weighted by Gasteiger charge is 2.20. The van der Waals surface area contributed by atoms with Gasteiger partial charge >= 0.3 is 0 Å². The van der Waals surface area contributed by atoms with Gasteiger partial charge in [0.1, 0.15) is 0 Å². The molecule has 1 amide bonds. The Bertz CT molecular complexity index is 704. The van der Waals surface area contributed by atoms with Crippen LogP contribution < -0.4 is 11.1 Å². The van der Waals surface area contributed by atoms with Gasteiger partial charge in [-0.3, -0.25) is 4.79 Å². The van der Waals surface area contributed by atoms with Gasteiger partial charge in [0.05, 0.1) is 6.04 Å². The lowest BCUT2D eigenvalue weighted by molar-refractivity contribution is -0.116. The molecule has 0 bridgehead atoms. The highest BCUT2D eigenvalue weighted by Crippen LogP contribution is 2.32. The van der Waals surface area contributed by atoms with E-state index in [1.807, 2.05) is 12.1 Å². The number of nitrogens with one attached hydrogen (secondary N) is 1.